The number of aliphatic hydroxyl groups is 2. The number of carbonyl (C=O) groups is 1. The van der Waals surface area contributed by atoms with Crippen LogP contribution in [0.25, 0.3) is 11.3 Å². The van der Waals surface area contributed by atoms with E-state index in [4.69, 9.17) is 0 Å². The summed E-state index contributed by atoms with van der Waals surface area (Å²) in [6.45, 7) is 4.75. The quantitative estimate of drug-likeness (QED) is 0.251. The Morgan fingerprint density at radius 1 is 1.17 bits per heavy atom. The molecule has 4 atom stereocenters. The van der Waals surface area contributed by atoms with Gasteiger partial charge in [-0.15, -0.1) is 0 Å². The summed E-state index contributed by atoms with van der Waals surface area (Å²) in [5.41, 5.74) is -0.772. The molecular weight excluding hydrogens is 556 g/mol. The summed E-state index contributed by atoms with van der Waals surface area (Å²) in [5.74, 6) is -3.64. The van der Waals surface area contributed by atoms with Gasteiger partial charge < -0.3 is 30.1 Å². The van der Waals surface area contributed by atoms with Crippen molar-refractivity contribution >= 4 is 5.91 Å². The van der Waals surface area contributed by atoms with E-state index in [0.717, 1.165) is 24.3 Å². The number of rotatable bonds is 11. The molecule has 1 aliphatic rings. The number of benzene rings is 2. The topological polar surface area (TPSA) is 111 Å². The number of aromatic hydroxyl groups is 1. The van der Waals surface area contributed by atoms with Crippen LogP contribution in [-0.4, -0.2) is 74.2 Å². The van der Waals surface area contributed by atoms with Crippen LogP contribution < -0.4 is 5.32 Å². The third kappa shape index (κ3) is 6.93. The fraction of sp³-hybridized carbons (Fsp3) is 0.467. The number of halogens is 4. The van der Waals surface area contributed by atoms with Crippen molar-refractivity contribution in [1.82, 2.24) is 19.8 Å². The second-order valence-electron chi connectivity index (χ2n) is 11.5. The molecule has 2 aromatic carbocycles. The van der Waals surface area contributed by atoms with Gasteiger partial charge >= 0.3 is 0 Å². The summed E-state index contributed by atoms with van der Waals surface area (Å²) in [5, 5.41) is 33.3. The standard InChI is InChI=1S/C30H36F4N4O4/c1-17(40)29(42)38(15-19-12-35-13-25(19)34)27(30(2,3)6-7-39)28-36-26(23-11-20(31)4-5-24(23)33)16-37(28)14-18-8-21(32)10-22(41)9-18/h4-5,8-11,16-17,19,25,27,35,39-41H,6-7,12-15H2,1-3H3. The molecule has 0 radical (unpaired) electrons. The lowest BCUT2D eigenvalue weighted by atomic mass is 9.79. The van der Waals surface area contributed by atoms with Crippen molar-refractivity contribution in [2.24, 2.45) is 11.3 Å². The van der Waals surface area contributed by atoms with Gasteiger partial charge in [0.15, 0.2) is 0 Å². The SMILES string of the molecule is CC(O)C(=O)N(CC1CNCC1F)C(c1nc(-c2cc(F)ccc2F)cn1Cc1cc(O)cc(F)c1)C(C)(C)CCO. The molecule has 1 fully saturated rings. The monoisotopic (exact) mass is 592 g/mol. The molecule has 42 heavy (non-hydrogen) atoms. The molecule has 0 aliphatic carbocycles. The Bertz CT molecular complexity index is 1390. The first kappa shape index (κ1) is 31.5. The van der Waals surface area contributed by atoms with Crippen LogP contribution >= 0.6 is 0 Å². The highest BCUT2D eigenvalue weighted by Crippen LogP contribution is 2.43. The summed E-state index contributed by atoms with van der Waals surface area (Å²) in [6, 6.07) is 5.35. The van der Waals surface area contributed by atoms with Crippen LogP contribution in [0.5, 0.6) is 5.75 Å². The number of alkyl halides is 1. The smallest absolute Gasteiger partial charge is 0.251 e. The van der Waals surface area contributed by atoms with Crippen LogP contribution in [0.4, 0.5) is 17.6 Å². The van der Waals surface area contributed by atoms with Gasteiger partial charge in [-0.3, -0.25) is 4.79 Å². The Hall–Kier alpha value is -3.48. The van der Waals surface area contributed by atoms with E-state index in [1.165, 1.54) is 34.7 Å². The van der Waals surface area contributed by atoms with Gasteiger partial charge in [-0.1, -0.05) is 13.8 Å². The minimum absolute atomic E-state index is 0.0165. The zero-order valence-electron chi connectivity index (χ0n) is 23.7. The molecular formula is C30H36F4N4O4. The Morgan fingerprint density at radius 3 is 2.52 bits per heavy atom. The predicted molar refractivity (Wildman–Crippen MR) is 148 cm³/mol. The van der Waals surface area contributed by atoms with Gasteiger partial charge in [0.05, 0.1) is 11.7 Å². The van der Waals surface area contributed by atoms with Crippen molar-refractivity contribution in [3.05, 3.63) is 71.4 Å². The molecule has 228 valence electrons. The Balaban J connectivity index is 1.95. The molecule has 12 heteroatoms. The molecule has 1 aliphatic heterocycles. The predicted octanol–water partition coefficient (Wildman–Crippen LogP) is 3.94. The first-order valence-corrected chi connectivity index (χ1v) is 13.8. The first-order chi connectivity index (χ1) is 19.8. The number of hydrogen-bond acceptors (Lipinski definition) is 6. The second kappa shape index (κ2) is 12.8. The lowest BCUT2D eigenvalue weighted by Crippen LogP contribution is -2.50. The normalized spacial score (nSPS) is 18.7. The van der Waals surface area contributed by atoms with E-state index < -0.39 is 53.0 Å². The lowest BCUT2D eigenvalue weighted by molar-refractivity contribution is -0.146. The molecule has 0 bridgehead atoms. The molecule has 1 saturated heterocycles. The summed E-state index contributed by atoms with van der Waals surface area (Å²) in [4.78, 5) is 19.6. The Labute approximate surface area is 241 Å². The summed E-state index contributed by atoms with van der Waals surface area (Å²) < 4.78 is 59.7. The van der Waals surface area contributed by atoms with Crippen LogP contribution in [0.2, 0.25) is 0 Å². The Morgan fingerprint density at radius 2 is 1.90 bits per heavy atom. The third-order valence-electron chi connectivity index (χ3n) is 7.69. The molecule has 4 rings (SSSR count). The van der Waals surface area contributed by atoms with Crippen molar-refractivity contribution in [1.29, 1.82) is 0 Å². The zero-order valence-corrected chi connectivity index (χ0v) is 23.7. The van der Waals surface area contributed by atoms with Crippen LogP contribution in [0, 0.1) is 28.8 Å². The number of nitrogens with zero attached hydrogens (tertiary/aromatic N) is 3. The Kier molecular flexibility index (Phi) is 9.59. The van der Waals surface area contributed by atoms with Gasteiger partial charge in [-0.25, -0.2) is 22.5 Å². The zero-order chi connectivity index (χ0) is 30.8. The fourth-order valence-corrected chi connectivity index (χ4v) is 5.55. The van der Waals surface area contributed by atoms with Gasteiger partial charge in [-0.05, 0) is 54.7 Å². The van der Waals surface area contributed by atoms with Crippen molar-refractivity contribution in [3.63, 3.8) is 0 Å². The number of imidazole rings is 1. The summed E-state index contributed by atoms with van der Waals surface area (Å²) in [7, 11) is 0. The van der Waals surface area contributed by atoms with Crippen molar-refractivity contribution in [3.8, 4) is 17.0 Å². The second-order valence-corrected chi connectivity index (χ2v) is 11.5. The van der Waals surface area contributed by atoms with E-state index in [1.54, 1.807) is 13.8 Å². The molecule has 3 aromatic rings. The van der Waals surface area contributed by atoms with Gasteiger partial charge in [0.2, 0.25) is 0 Å². The van der Waals surface area contributed by atoms with Crippen LogP contribution in [-0.2, 0) is 11.3 Å². The van der Waals surface area contributed by atoms with E-state index in [0.29, 0.717) is 5.56 Å². The van der Waals surface area contributed by atoms with Crippen molar-refractivity contribution < 1.29 is 37.7 Å². The van der Waals surface area contributed by atoms with Crippen molar-refractivity contribution in [2.75, 3.05) is 26.2 Å². The maximum Gasteiger partial charge on any atom is 0.251 e. The molecule has 8 nitrogen and oxygen atoms in total. The average molecular weight is 593 g/mol. The number of aliphatic hydroxyl groups excluding tert-OH is 2. The van der Waals surface area contributed by atoms with E-state index in [9.17, 15) is 37.7 Å². The fourth-order valence-electron chi connectivity index (χ4n) is 5.55. The number of hydrogen-bond donors (Lipinski definition) is 4. The minimum Gasteiger partial charge on any atom is -0.508 e. The van der Waals surface area contributed by atoms with E-state index in [1.807, 2.05) is 0 Å². The first-order valence-electron chi connectivity index (χ1n) is 13.8. The van der Waals surface area contributed by atoms with Crippen LogP contribution in [0.1, 0.15) is 44.6 Å². The molecule has 4 unspecified atom stereocenters. The largest absolute Gasteiger partial charge is 0.508 e. The third-order valence-corrected chi connectivity index (χ3v) is 7.69. The number of carbonyl (C=O) groups excluding carboxylic acids is 1. The summed E-state index contributed by atoms with van der Waals surface area (Å²) >= 11 is 0. The molecule has 2 heterocycles. The molecule has 0 spiro atoms. The van der Waals surface area contributed by atoms with Gasteiger partial charge in [0.25, 0.3) is 5.91 Å². The number of aromatic nitrogens is 2. The highest BCUT2D eigenvalue weighted by Gasteiger charge is 2.44. The van der Waals surface area contributed by atoms with Gasteiger partial charge in [-0.2, -0.15) is 0 Å². The maximum atomic E-state index is 14.9. The highest BCUT2D eigenvalue weighted by atomic mass is 19.1. The average Bonchev–Trinajstić information content (AvgIpc) is 3.49. The lowest BCUT2D eigenvalue weighted by Gasteiger charge is -2.43. The number of amides is 1. The summed E-state index contributed by atoms with van der Waals surface area (Å²) in [6.07, 6.45) is -1.14. The van der Waals surface area contributed by atoms with Crippen LogP contribution in [0.15, 0.2) is 42.6 Å². The maximum absolute atomic E-state index is 14.9. The number of phenolic OH excluding ortho intramolecular Hbond substituents is 1. The molecule has 1 amide bonds. The minimum atomic E-state index is -1.46. The molecule has 4 N–H and O–H groups in total. The van der Waals surface area contributed by atoms with Gasteiger partial charge in [0, 0.05) is 56.5 Å². The van der Waals surface area contributed by atoms with Gasteiger partial charge in [0.1, 0.15) is 41.3 Å². The number of nitrogens with one attached hydrogen (secondary N) is 1. The van der Waals surface area contributed by atoms with E-state index in [2.05, 4.69) is 10.3 Å². The molecule has 0 saturated carbocycles. The van der Waals surface area contributed by atoms with Crippen LogP contribution in [0.3, 0.4) is 0 Å². The van der Waals surface area contributed by atoms with Crippen molar-refractivity contribution in [2.45, 2.75) is 52.1 Å². The molecule has 1 aromatic heterocycles. The highest BCUT2D eigenvalue weighted by molar-refractivity contribution is 5.80. The number of phenols is 1. The van der Waals surface area contributed by atoms with E-state index in [-0.39, 0.29) is 62.0 Å². The van der Waals surface area contributed by atoms with E-state index >= 15 is 0 Å².